The second kappa shape index (κ2) is 8.27. The molecular weight excluding hydrogens is 417 g/mol. The molecular formula is C24H21F3N4O. The quantitative estimate of drug-likeness (QED) is 0.470. The van der Waals surface area contributed by atoms with E-state index in [1.54, 1.807) is 0 Å². The first-order valence-electron chi connectivity index (χ1n) is 10.4. The van der Waals surface area contributed by atoms with E-state index in [-0.39, 0.29) is 0 Å². The molecule has 5 nitrogen and oxygen atoms in total. The molecule has 0 unspecified atom stereocenters. The zero-order valence-corrected chi connectivity index (χ0v) is 17.2. The van der Waals surface area contributed by atoms with Gasteiger partial charge in [0, 0.05) is 54.9 Å². The fourth-order valence-corrected chi connectivity index (χ4v) is 4.01. The number of nitrogens with zero attached hydrogens (tertiary/aromatic N) is 3. The maximum atomic E-state index is 12.9. The van der Waals surface area contributed by atoms with Crippen molar-refractivity contribution in [2.45, 2.75) is 32.3 Å². The molecule has 5 rings (SSSR count). The molecule has 0 spiro atoms. The van der Waals surface area contributed by atoms with Crippen LogP contribution in [0.15, 0.2) is 60.9 Å². The predicted molar refractivity (Wildman–Crippen MR) is 114 cm³/mol. The highest BCUT2D eigenvalue weighted by atomic mass is 19.4. The summed E-state index contributed by atoms with van der Waals surface area (Å²) in [7, 11) is 0. The van der Waals surface area contributed by atoms with Gasteiger partial charge in [0.15, 0.2) is 0 Å². The van der Waals surface area contributed by atoms with Gasteiger partial charge >= 0.3 is 6.18 Å². The largest absolute Gasteiger partial charge is 0.489 e. The molecule has 0 saturated carbocycles. The number of hydrogen-bond acceptors (Lipinski definition) is 4. The fourth-order valence-electron chi connectivity index (χ4n) is 4.01. The van der Waals surface area contributed by atoms with Crippen LogP contribution < -0.4 is 4.74 Å². The molecule has 164 valence electrons. The van der Waals surface area contributed by atoms with Crippen molar-refractivity contribution < 1.29 is 17.9 Å². The van der Waals surface area contributed by atoms with Crippen molar-refractivity contribution >= 4 is 10.9 Å². The standard InChI is InChI=1S/C24H21F3N4O/c25-24(26,27)23-29-12-18-14-31(9-8-21(18)30-23)13-17-11-28-22-7-6-19(10-20(17)22)32-15-16-4-2-1-3-5-16/h1-7,10-12,28H,8-9,13-15H2. The van der Waals surface area contributed by atoms with Crippen LogP contribution in [0.3, 0.4) is 0 Å². The molecule has 0 bridgehead atoms. The molecule has 32 heavy (non-hydrogen) atoms. The monoisotopic (exact) mass is 438 g/mol. The van der Waals surface area contributed by atoms with E-state index in [1.165, 1.54) is 6.20 Å². The number of alkyl halides is 3. The van der Waals surface area contributed by atoms with E-state index < -0.39 is 12.0 Å². The average Bonchev–Trinajstić information content (AvgIpc) is 3.19. The maximum Gasteiger partial charge on any atom is 0.451 e. The zero-order chi connectivity index (χ0) is 22.1. The molecule has 2 aromatic heterocycles. The van der Waals surface area contributed by atoms with Gasteiger partial charge in [0.1, 0.15) is 12.4 Å². The SMILES string of the molecule is FC(F)(F)c1ncc2c(n1)CCN(Cc1c[nH]c3ccc(OCc4ccccc4)cc13)C2. The minimum atomic E-state index is -4.52. The van der Waals surface area contributed by atoms with Gasteiger partial charge in [0.25, 0.3) is 0 Å². The first-order chi connectivity index (χ1) is 15.5. The molecule has 2 aromatic carbocycles. The number of fused-ring (bicyclic) bond motifs is 2. The number of rotatable bonds is 5. The third kappa shape index (κ3) is 4.31. The number of ether oxygens (including phenoxy) is 1. The number of hydrogen-bond donors (Lipinski definition) is 1. The molecule has 8 heteroatoms. The van der Waals surface area contributed by atoms with Crippen molar-refractivity contribution in [3.05, 3.63) is 89.1 Å². The zero-order valence-electron chi connectivity index (χ0n) is 17.2. The van der Waals surface area contributed by atoms with Gasteiger partial charge in [-0.2, -0.15) is 13.2 Å². The highest BCUT2D eigenvalue weighted by molar-refractivity contribution is 5.84. The van der Waals surface area contributed by atoms with Gasteiger partial charge in [-0.25, -0.2) is 9.97 Å². The molecule has 0 fully saturated rings. The van der Waals surface area contributed by atoms with Crippen molar-refractivity contribution in [2.75, 3.05) is 6.54 Å². The van der Waals surface area contributed by atoms with Crippen molar-refractivity contribution in [1.29, 1.82) is 0 Å². The number of nitrogens with one attached hydrogen (secondary N) is 1. The lowest BCUT2D eigenvalue weighted by Gasteiger charge is -2.28. The van der Waals surface area contributed by atoms with Gasteiger partial charge in [-0.1, -0.05) is 30.3 Å². The summed E-state index contributed by atoms with van der Waals surface area (Å²) < 4.78 is 44.6. The van der Waals surface area contributed by atoms with Crippen molar-refractivity contribution in [2.24, 2.45) is 0 Å². The number of halogens is 3. The number of benzene rings is 2. The molecule has 0 radical (unpaired) electrons. The molecule has 0 aliphatic carbocycles. The molecule has 1 aliphatic heterocycles. The van der Waals surface area contributed by atoms with E-state index in [9.17, 15) is 13.2 Å². The lowest BCUT2D eigenvalue weighted by Crippen LogP contribution is -2.31. The Kier molecular flexibility index (Phi) is 5.30. The van der Waals surface area contributed by atoms with E-state index in [0.717, 1.165) is 33.3 Å². The Morgan fingerprint density at radius 1 is 1.09 bits per heavy atom. The number of aromatic amines is 1. The third-order valence-corrected chi connectivity index (χ3v) is 5.65. The van der Waals surface area contributed by atoms with Crippen LogP contribution in [0.1, 0.15) is 28.2 Å². The molecule has 1 aliphatic rings. The van der Waals surface area contributed by atoms with Gasteiger partial charge in [0.05, 0.1) is 5.69 Å². The molecule has 1 N–H and O–H groups in total. The lowest BCUT2D eigenvalue weighted by molar-refractivity contribution is -0.145. The van der Waals surface area contributed by atoms with Gasteiger partial charge in [-0.15, -0.1) is 0 Å². The van der Waals surface area contributed by atoms with Gasteiger partial charge < -0.3 is 9.72 Å². The van der Waals surface area contributed by atoms with Crippen LogP contribution in [-0.2, 0) is 32.3 Å². The number of H-pyrrole nitrogens is 1. The molecule has 0 atom stereocenters. The van der Waals surface area contributed by atoms with Gasteiger partial charge in [-0.05, 0) is 29.3 Å². The number of aromatic nitrogens is 3. The second-order valence-corrected chi connectivity index (χ2v) is 7.92. The molecule has 4 aromatic rings. The second-order valence-electron chi connectivity index (χ2n) is 7.92. The van der Waals surface area contributed by atoms with Gasteiger partial charge in [0.2, 0.25) is 5.82 Å². The maximum absolute atomic E-state index is 12.9. The van der Waals surface area contributed by atoms with Crippen LogP contribution >= 0.6 is 0 Å². The van der Waals surface area contributed by atoms with Crippen LogP contribution in [0.2, 0.25) is 0 Å². The first kappa shape index (κ1) is 20.5. The van der Waals surface area contributed by atoms with E-state index in [4.69, 9.17) is 4.74 Å². The summed E-state index contributed by atoms with van der Waals surface area (Å²) in [4.78, 5) is 12.7. The molecule has 0 amide bonds. The van der Waals surface area contributed by atoms with E-state index >= 15 is 0 Å². The van der Waals surface area contributed by atoms with E-state index in [0.29, 0.717) is 38.4 Å². The average molecular weight is 438 g/mol. The van der Waals surface area contributed by atoms with E-state index in [1.807, 2.05) is 54.7 Å². The minimum Gasteiger partial charge on any atom is -0.489 e. The lowest BCUT2D eigenvalue weighted by atomic mass is 10.1. The fraction of sp³-hybridized carbons (Fsp3) is 0.250. The van der Waals surface area contributed by atoms with Crippen LogP contribution in [0.5, 0.6) is 5.75 Å². The summed E-state index contributed by atoms with van der Waals surface area (Å²) in [5, 5.41) is 1.07. The van der Waals surface area contributed by atoms with Crippen LogP contribution in [0.4, 0.5) is 13.2 Å². The predicted octanol–water partition coefficient (Wildman–Crippen LogP) is 5.11. The Labute approximate surface area is 182 Å². The summed E-state index contributed by atoms with van der Waals surface area (Å²) in [6, 6.07) is 16.0. The summed E-state index contributed by atoms with van der Waals surface area (Å²) in [6.07, 6.45) is -0.766. The minimum absolute atomic E-state index is 0.467. The molecule has 0 saturated heterocycles. The van der Waals surface area contributed by atoms with Crippen LogP contribution in [0.25, 0.3) is 10.9 Å². The Hall–Kier alpha value is -3.39. The normalized spacial score (nSPS) is 14.5. The Balaban J connectivity index is 1.30. The van der Waals surface area contributed by atoms with E-state index in [2.05, 4.69) is 19.9 Å². The van der Waals surface area contributed by atoms with Gasteiger partial charge in [-0.3, -0.25) is 4.90 Å². The highest BCUT2D eigenvalue weighted by Crippen LogP contribution is 2.29. The van der Waals surface area contributed by atoms with Crippen molar-refractivity contribution in [3.8, 4) is 5.75 Å². The summed E-state index contributed by atoms with van der Waals surface area (Å²) >= 11 is 0. The Morgan fingerprint density at radius 2 is 1.94 bits per heavy atom. The Morgan fingerprint density at radius 3 is 2.75 bits per heavy atom. The van der Waals surface area contributed by atoms with Crippen molar-refractivity contribution in [1.82, 2.24) is 19.9 Å². The highest BCUT2D eigenvalue weighted by Gasteiger charge is 2.35. The smallest absolute Gasteiger partial charge is 0.451 e. The summed E-state index contributed by atoms with van der Waals surface area (Å²) in [5.74, 6) is -0.274. The summed E-state index contributed by atoms with van der Waals surface area (Å²) in [6.45, 7) is 2.32. The molecule has 3 heterocycles. The topological polar surface area (TPSA) is 54.0 Å². The summed E-state index contributed by atoms with van der Waals surface area (Å²) in [5.41, 5.74) is 4.46. The van der Waals surface area contributed by atoms with Crippen LogP contribution in [0, 0.1) is 0 Å². The van der Waals surface area contributed by atoms with Crippen LogP contribution in [-0.4, -0.2) is 26.4 Å². The Bertz CT molecular complexity index is 1240. The third-order valence-electron chi connectivity index (χ3n) is 5.65. The first-order valence-corrected chi connectivity index (χ1v) is 10.4. The van der Waals surface area contributed by atoms with Crippen molar-refractivity contribution in [3.63, 3.8) is 0 Å².